The number of thiophene rings is 1. The number of likely N-dealkylation sites (N-methyl/N-ethyl adjacent to an activating group) is 1. The van der Waals surface area contributed by atoms with E-state index in [9.17, 15) is 4.79 Å². The minimum absolute atomic E-state index is 0.407. The van der Waals surface area contributed by atoms with E-state index in [2.05, 4.69) is 6.07 Å². The molecular formula is C10H15NO2S. The molecule has 0 aromatic carbocycles. The van der Waals surface area contributed by atoms with Crippen LogP contribution in [0.1, 0.15) is 11.8 Å². The van der Waals surface area contributed by atoms with Crippen molar-refractivity contribution in [1.82, 2.24) is 4.90 Å². The molecule has 0 spiro atoms. The first-order chi connectivity index (χ1) is 6.61. The number of aliphatic carboxylic acids is 1. The third-order valence-corrected chi connectivity index (χ3v) is 3.25. The molecule has 1 aromatic rings. The maximum absolute atomic E-state index is 10.7. The molecular weight excluding hydrogens is 198 g/mol. The van der Waals surface area contributed by atoms with Crippen LogP contribution in [-0.4, -0.2) is 35.6 Å². The van der Waals surface area contributed by atoms with Crippen LogP contribution in [0.5, 0.6) is 0 Å². The molecule has 1 atom stereocenters. The Labute approximate surface area is 88.0 Å². The van der Waals surface area contributed by atoms with Crippen molar-refractivity contribution in [3.8, 4) is 0 Å². The van der Waals surface area contributed by atoms with Gasteiger partial charge in [0.05, 0.1) is 0 Å². The summed E-state index contributed by atoms with van der Waals surface area (Å²) in [6, 6.07) is 3.68. The van der Waals surface area contributed by atoms with Crippen LogP contribution in [0.25, 0.3) is 0 Å². The summed E-state index contributed by atoms with van der Waals surface area (Å²) in [5.41, 5.74) is 0. The Morgan fingerprint density at radius 3 is 2.93 bits per heavy atom. The average Bonchev–Trinajstić information content (AvgIpc) is 2.65. The van der Waals surface area contributed by atoms with Gasteiger partial charge in [-0.3, -0.25) is 9.69 Å². The summed E-state index contributed by atoms with van der Waals surface area (Å²) >= 11 is 1.71. The predicted molar refractivity (Wildman–Crippen MR) is 57.8 cm³/mol. The molecule has 1 rings (SSSR count). The lowest BCUT2D eigenvalue weighted by Crippen LogP contribution is -2.36. The number of carbonyl (C=O) groups is 1. The average molecular weight is 213 g/mol. The van der Waals surface area contributed by atoms with Gasteiger partial charge in [-0.2, -0.15) is 0 Å². The van der Waals surface area contributed by atoms with E-state index in [0.29, 0.717) is 0 Å². The van der Waals surface area contributed by atoms with Gasteiger partial charge >= 0.3 is 5.97 Å². The molecule has 4 heteroatoms. The SMILES string of the molecule is CC(C(=O)O)N(C)CCc1cccs1. The molecule has 3 nitrogen and oxygen atoms in total. The second-order valence-corrected chi connectivity index (χ2v) is 4.36. The van der Waals surface area contributed by atoms with E-state index in [1.54, 1.807) is 18.3 Å². The van der Waals surface area contributed by atoms with Gasteiger partial charge in [-0.25, -0.2) is 0 Å². The largest absolute Gasteiger partial charge is 0.480 e. The Kier molecular flexibility index (Phi) is 4.10. The minimum atomic E-state index is -0.765. The molecule has 0 saturated carbocycles. The van der Waals surface area contributed by atoms with Crippen molar-refractivity contribution in [2.75, 3.05) is 13.6 Å². The van der Waals surface area contributed by atoms with Gasteiger partial charge in [-0.15, -0.1) is 11.3 Å². The molecule has 1 heterocycles. The zero-order valence-corrected chi connectivity index (χ0v) is 9.25. The van der Waals surface area contributed by atoms with Crippen molar-refractivity contribution in [2.24, 2.45) is 0 Å². The quantitative estimate of drug-likeness (QED) is 0.809. The molecule has 0 aliphatic heterocycles. The van der Waals surface area contributed by atoms with E-state index in [4.69, 9.17) is 5.11 Å². The molecule has 1 N–H and O–H groups in total. The van der Waals surface area contributed by atoms with Crippen molar-refractivity contribution >= 4 is 17.3 Å². The lowest BCUT2D eigenvalue weighted by molar-refractivity contribution is -0.142. The van der Waals surface area contributed by atoms with Gasteiger partial charge in [-0.05, 0) is 31.8 Å². The summed E-state index contributed by atoms with van der Waals surface area (Å²) in [6.45, 7) is 2.49. The first kappa shape index (κ1) is 11.2. The fraction of sp³-hybridized carbons (Fsp3) is 0.500. The third-order valence-electron chi connectivity index (χ3n) is 2.31. The normalized spacial score (nSPS) is 13.1. The summed E-state index contributed by atoms with van der Waals surface area (Å²) in [7, 11) is 1.84. The summed E-state index contributed by atoms with van der Waals surface area (Å²) in [5.74, 6) is -0.765. The second kappa shape index (κ2) is 5.12. The Balaban J connectivity index is 2.34. The zero-order valence-electron chi connectivity index (χ0n) is 8.43. The Bertz CT molecular complexity index is 284. The number of carboxylic acid groups (broad SMARTS) is 1. The monoisotopic (exact) mass is 213 g/mol. The lowest BCUT2D eigenvalue weighted by atomic mass is 10.2. The van der Waals surface area contributed by atoms with E-state index >= 15 is 0 Å². The van der Waals surface area contributed by atoms with Crippen LogP contribution in [0.2, 0.25) is 0 Å². The summed E-state index contributed by atoms with van der Waals surface area (Å²) < 4.78 is 0. The molecule has 0 saturated heterocycles. The Hall–Kier alpha value is -0.870. The van der Waals surface area contributed by atoms with E-state index in [-0.39, 0.29) is 0 Å². The topological polar surface area (TPSA) is 40.5 Å². The van der Waals surface area contributed by atoms with Gasteiger partial charge in [0.1, 0.15) is 6.04 Å². The summed E-state index contributed by atoms with van der Waals surface area (Å²) in [6.07, 6.45) is 0.922. The smallest absolute Gasteiger partial charge is 0.320 e. The highest BCUT2D eigenvalue weighted by molar-refractivity contribution is 7.09. The van der Waals surface area contributed by atoms with Crippen LogP contribution >= 0.6 is 11.3 Å². The Morgan fingerprint density at radius 1 is 1.71 bits per heavy atom. The van der Waals surface area contributed by atoms with Gasteiger partial charge in [0.2, 0.25) is 0 Å². The van der Waals surface area contributed by atoms with Crippen LogP contribution in [0.4, 0.5) is 0 Å². The van der Waals surface area contributed by atoms with Gasteiger partial charge in [0, 0.05) is 11.4 Å². The van der Waals surface area contributed by atoms with Gasteiger partial charge < -0.3 is 5.11 Å². The predicted octanol–water partition coefficient (Wildman–Crippen LogP) is 1.70. The molecule has 1 unspecified atom stereocenters. The fourth-order valence-electron chi connectivity index (χ4n) is 1.12. The maximum atomic E-state index is 10.7. The van der Waals surface area contributed by atoms with Gasteiger partial charge in [0.15, 0.2) is 0 Å². The van der Waals surface area contributed by atoms with Crippen molar-refractivity contribution < 1.29 is 9.90 Å². The van der Waals surface area contributed by atoms with Crippen molar-refractivity contribution in [2.45, 2.75) is 19.4 Å². The lowest BCUT2D eigenvalue weighted by Gasteiger charge is -2.20. The molecule has 1 aromatic heterocycles. The first-order valence-electron chi connectivity index (χ1n) is 4.56. The molecule has 78 valence electrons. The van der Waals surface area contributed by atoms with Gasteiger partial charge in [0.25, 0.3) is 0 Å². The van der Waals surface area contributed by atoms with E-state index in [0.717, 1.165) is 13.0 Å². The highest BCUT2D eigenvalue weighted by Crippen LogP contribution is 2.10. The molecule has 0 radical (unpaired) electrons. The highest BCUT2D eigenvalue weighted by atomic mass is 32.1. The van der Waals surface area contributed by atoms with Crippen LogP contribution in [-0.2, 0) is 11.2 Å². The number of hydrogen-bond donors (Lipinski definition) is 1. The standard InChI is InChI=1S/C10H15NO2S/c1-8(10(12)13)11(2)6-5-9-4-3-7-14-9/h3-4,7-8H,5-6H2,1-2H3,(H,12,13). The van der Waals surface area contributed by atoms with Crippen LogP contribution in [0.3, 0.4) is 0 Å². The highest BCUT2D eigenvalue weighted by Gasteiger charge is 2.15. The maximum Gasteiger partial charge on any atom is 0.320 e. The van der Waals surface area contributed by atoms with Gasteiger partial charge in [-0.1, -0.05) is 6.07 Å². The number of hydrogen-bond acceptors (Lipinski definition) is 3. The summed E-state index contributed by atoms with van der Waals surface area (Å²) in [5, 5.41) is 10.8. The first-order valence-corrected chi connectivity index (χ1v) is 5.44. The van der Waals surface area contributed by atoms with Crippen LogP contribution < -0.4 is 0 Å². The molecule has 0 aliphatic carbocycles. The minimum Gasteiger partial charge on any atom is -0.480 e. The zero-order chi connectivity index (χ0) is 10.6. The third kappa shape index (κ3) is 3.12. The van der Waals surface area contributed by atoms with Crippen molar-refractivity contribution in [3.05, 3.63) is 22.4 Å². The molecule has 0 amide bonds. The van der Waals surface area contributed by atoms with E-state index in [1.165, 1.54) is 4.88 Å². The second-order valence-electron chi connectivity index (χ2n) is 3.32. The van der Waals surface area contributed by atoms with Crippen LogP contribution in [0, 0.1) is 0 Å². The van der Waals surface area contributed by atoms with Crippen molar-refractivity contribution in [3.63, 3.8) is 0 Å². The molecule has 0 fully saturated rings. The fourth-order valence-corrected chi connectivity index (χ4v) is 1.82. The van der Waals surface area contributed by atoms with E-state index in [1.807, 2.05) is 23.4 Å². The Morgan fingerprint density at radius 2 is 2.43 bits per heavy atom. The number of carboxylic acids is 1. The number of rotatable bonds is 5. The van der Waals surface area contributed by atoms with Crippen molar-refractivity contribution in [1.29, 1.82) is 0 Å². The summed E-state index contributed by atoms with van der Waals surface area (Å²) in [4.78, 5) is 13.8. The van der Waals surface area contributed by atoms with Crippen LogP contribution in [0.15, 0.2) is 17.5 Å². The van der Waals surface area contributed by atoms with E-state index < -0.39 is 12.0 Å². The molecule has 0 aliphatic rings. The molecule has 14 heavy (non-hydrogen) atoms. The molecule has 0 bridgehead atoms. The number of nitrogens with zero attached hydrogens (tertiary/aromatic N) is 1.